The molecule has 1 aliphatic heterocycles. The van der Waals surface area contributed by atoms with Crippen LogP contribution in [0.5, 0.6) is 0 Å². The van der Waals surface area contributed by atoms with Gasteiger partial charge in [0.15, 0.2) is 5.11 Å². The van der Waals surface area contributed by atoms with Crippen LogP contribution in [0.2, 0.25) is 5.02 Å². The Morgan fingerprint density at radius 2 is 1.95 bits per heavy atom. The Hall–Kier alpha value is -1.34. The lowest BCUT2D eigenvalue weighted by Crippen LogP contribution is -2.44. The highest BCUT2D eigenvalue weighted by atomic mass is 35.5. The topological polar surface area (TPSA) is 32.3 Å². The summed E-state index contributed by atoms with van der Waals surface area (Å²) < 4.78 is 38.6. The van der Waals surface area contributed by atoms with E-state index >= 15 is 0 Å². The predicted octanol–water partition coefficient (Wildman–Crippen LogP) is 3.36. The normalized spacial score (nSPS) is 18.4. The van der Waals surface area contributed by atoms with E-state index in [1.807, 2.05) is 0 Å². The van der Waals surface area contributed by atoms with Gasteiger partial charge in [-0.05, 0) is 44.3 Å². The van der Waals surface area contributed by atoms with Crippen LogP contribution in [0.15, 0.2) is 18.2 Å². The summed E-state index contributed by atoms with van der Waals surface area (Å²) in [4.78, 5) is 13.1. The zero-order valence-corrected chi connectivity index (χ0v) is 12.1. The molecule has 1 aromatic rings. The summed E-state index contributed by atoms with van der Waals surface area (Å²) in [5.41, 5.74) is -1.86. The molecule has 1 aliphatic rings. The minimum absolute atomic E-state index is 0.0652. The van der Waals surface area contributed by atoms with Gasteiger partial charge in [0.1, 0.15) is 5.54 Å². The Balaban J connectivity index is 2.54. The number of halogens is 4. The van der Waals surface area contributed by atoms with Crippen molar-refractivity contribution in [1.29, 1.82) is 0 Å². The Morgan fingerprint density at radius 1 is 1.35 bits per heavy atom. The van der Waals surface area contributed by atoms with Gasteiger partial charge in [0, 0.05) is 5.69 Å². The second-order valence-corrected chi connectivity index (χ2v) is 5.61. The summed E-state index contributed by atoms with van der Waals surface area (Å²) in [5.74, 6) is -0.369. The maximum Gasteiger partial charge on any atom is 0.417 e. The molecule has 0 radical (unpaired) electrons. The van der Waals surface area contributed by atoms with Gasteiger partial charge in [-0.25, -0.2) is 0 Å². The molecule has 8 heteroatoms. The maximum absolute atomic E-state index is 12.9. The van der Waals surface area contributed by atoms with Gasteiger partial charge in [0.05, 0.1) is 10.6 Å². The van der Waals surface area contributed by atoms with Gasteiger partial charge in [-0.3, -0.25) is 4.79 Å². The van der Waals surface area contributed by atoms with E-state index in [4.69, 9.17) is 23.8 Å². The molecule has 1 N–H and O–H groups in total. The smallest absolute Gasteiger partial charge is 0.304 e. The molecule has 1 heterocycles. The van der Waals surface area contributed by atoms with E-state index in [2.05, 4.69) is 5.32 Å². The largest absolute Gasteiger partial charge is 0.417 e. The van der Waals surface area contributed by atoms with Crippen LogP contribution < -0.4 is 10.2 Å². The third kappa shape index (κ3) is 2.35. The molecule has 108 valence electrons. The second kappa shape index (κ2) is 4.60. The number of hydrogen-bond donors (Lipinski definition) is 1. The van der Waals surface area contributed by atoms with E-state index in [1.165, 1.54) is 11.0 Å². The quantitative estimate of drug-likeness (QED) is 0.805. The lowest BCUT2D eigenvalue weighted by atomic mass is 10.0. The fourth-order valence-corrected chi connectivity index (χ4v) is 2.62. The third-order valence-electron chi connectivity index (χ3n) is 3.05. The van der Waals surface area contributed by atoms with Crippen LogP contribution in [0.3, 0.4) is 0 Å². The zero-order valence-electron chi connectivity index (χ0n) is 10.5. The van der Waals surface area contributed by atoms with Gasteiger partial charge in [0.2, 0.25) is 0 Å². The Kier molecular flexibility index (Phi) is 3.46. The first-order chi connectivity index (χ1) is 9.05. The molecule has 0 spiro atoms. The van der Waals surface area contributed by atoms with E-state index in [-0.39, 0.29) is 16.7 Å². The number of thiocarbonyl (C=S) groups is 1. The monoisotopic (exact) mass is 322 g/mol. The van der Waals surface area contributed by atoms with Crippen LogP contribution in [-0.2, 0) is 11.0 Å². The fourth-order valence-electron chi connectivity index (χ4n) is 1.97. The minimum Gasteiger partial charge on any atom is -0.304 e. The van der Waals surface area contributed by atoms with Crippen molar-refractivity contribution in [2.75, 3.05) is 4.90 Å². The standard InChI is InChI=1S/C12H10ClF3N2OS/c1-11(2)9(19)17-10(20)18(11)6-3-4-8(13)7(5-6)12(14,15)16/h3-5H,1-2H3,(H,17,19,20). The number of amides is 1. The molecular formula is C12H10ClF3N2OS. The molecule has 0 atom stereocenters. The molecular weight excluding hydrogens is 313 g/mol. The van der Waals surface area contributed by atoms with Gasteiger partial charge in [-0.1, -0.05) is 11.6 Å². The lowest BCUT2D eigenvalue weighted by Gasteiger charge is -2.30. The zero-order chi connectivity index (χ0) is 15.3. The molecule has 1 amide bonds. The Labute approximate surface area is 123 Å². The van der Waals surface area contributed by atoms with Gasteiger partial charge in [0.25, 0.3) is 5.91 Å². The Morgan fingerprint density at radius 3 is 2.40 bits per heavy atom. The van der Waals surface area contributed by atoms with Crippen molar-refractivity contribution in [3.05, 3.63) is 28.8 Å². The molecule has 1 saturated heterocycles. The van der Waals surface area contributed by atoms with Gasteiger partial charge in [-0.2, -0.15) is 13.2 Å². The number of nitrogens with zero attached hydrogens (tertiary/aromatic N) is 1. The average Bonchev–Trinajstić information content (AvgIpc) is 2.48. The van der Waals surface area contributed by atoms with E-state index in [1.54, 1.807) is 13.8 Å². The first-order valence-electron chi connectivity index (χ1n) is 5.57. The number of rotatable bonds is 1. The van der Waals surface area contributed by atoms with Crippen LogP contribution in [-0.4, -0.2) is 16.6 Å². The third-order valence-corrected chi connectivity index (χ3v) is 3.67. The highest BCUT2D eigenvalue weighted by molar-refractivity contribution is 7.80. The van der Waals surface area contributed by atoms with Crippen molar-refractivity contribution in [3.63, 3.8) is 0 Å². The van der Waals surface area contributed by atoms with Crippen molar-refractivity contribution >= 4 is 40.5 Å². The SMILES string of the molecule is CC1(C)C(=O)NC(=S)N1c1ccc(Cl)c(C(F)(F)F)c1. The second-order valence-electron chi connectivity index (χ2n) is 4.82. The first kappa shape index (κ1) is 15.1. The number of alkyl halides is 3. The molecule has 0 aromatic heterocycles. The van der Waals surface area contributed by atoms with Crippen molar-refractivity contribution in [2.45, 2.75) is 25.6 Å². The molecule has 0 bridgehead atoms. The molecule has 20 heavy (non-hydrogen) atoms. The van der Waals surface area contributed by atoms with Gasteiger partial charge < -0.3 is 10.2 Å². The van der Waals surface area contributed by atoms with Crippen molar-refractivity contribution in [2.24, 2.45) is 0 Å². The van der Waals surface area contributed by atoms with Crippen LogP contribution >= 0.6 is 23.8 Å². The van der Waals surface area contributed by atoms with Crippen LogP contribution in [0, 0.1) is 0 Å². The predicted molar refractivity (Wildman–Crippen MR) is 73.8 cm³/mol. The number of hydrogen-bond acceptors (Lipinski definition) is 2. The van der Waals surface area contributed by atoms with Crippen molar-refractivity contribution in [1.82, 2.24) is 5.32 Å². The molecule has 1 fully saturated rings. The molecule has 0 saturated carbocycles. The Bertz CT molecular complexity index is 601. The number of carbonyl (C=O) groups excluding carboxylic acids is 1. The number of carbonyl (C=O) groups is 1. The molecule has 1 aromatic carbocycles. The fraction of sp³-hybridized carbons (Fsp3) is 0.333. The summed E-state index contributed by atoms with van der Waals surface area (Å²) in [6, 6.07) is 3.42. The molecule has 2 rings (SSSR count). The van der Waals surface area contributed by atoms with Gasteiger partial charge >= 0.3 is 6.18 Å². The highest BCUT2D eigenvalue weighted by Gasteiger charge is 2.45. The molecule has 0 aliphatic carbocycles. The van der Waals surface area contributed by atoms with E-state index < -0.39 is 22.3 Å². The highest BCUT2D eigenvalue weighted by Crippen LogP contribution is 2.38. The molecule has 3 nitrogen and oxygen atoms in total. The molecule has 0 unspecified atom stereocenters. The number of benzene rings is 1. The van der Waals surface area contributed by atoms with E-state index in [0.29, 0.717) is 0 Å². The number of nitrogens with one attached hydrogen (secondary N) is 1. The summed E-state index contributed by atoms with van der Waals surface area (Å²) in [7, 11) is 0. The van der Waals surface area contributed by atoms with Crippen LogP contribution in [0.1, 0.15) is 19.4 Å². The lowest BCUT2D eigenvalue weighted by molar-refractivity contribution is -0.137. The minimum atomic E-state index is -4.57. The van der Waals surface area contributed by atoms with Crippen molar-refractivity contribution < 1.29 is 18.0 Å². The summed E-state index contributed by atoms with van der Waals surface area (Å²) in [6.45, 7) is 3.15. The summed E-state index contributed by atoms with van der Waals surface area (Å²) in [5, 5.41) is 2.10. The maximum atomic E-state index is 12.9. The average molecular weight is 323 g/mol. The summed E-state index contributed by atoms with van der Waals surface area (Å²) >= 11 is 10.6. The van der Waals surface area contributed by atoms with E-state index in [0.717, 1.165) is 12.1 Å². The van der Waals surface area contributed by atoms with Crippen LogP contribution in [0.4, 0.5) is 18.9 Å². The summed E-state index contributed by atoms with van der Waals surface area (Å²) in [6.07, 6.45) is -4.57. The van der Waals surface area contributed by atoms with Gasteiger partial charge in [-0.15, -0.1) is 0 Å². The van der Waals surface area contributed by atoms with Crippen LogP contribution in [0.25, 0.3) is 0 Å². The van der Waals surface area contributed by atoms with Crippen molar-refractivity contribution in [3.8, 4) is 0 Å². The number of anilines is 1. The first-order valence-corrected chi connectivity index (χ1v) is 6.36. The van der Waals surface area contributed by atoms with E-state index in [9.17, 15) is 18.0 Å².